The van der Waals surface area contributed by atoms with Gasteiger partial charge in [-0.25, -0.2) is 13.2 Å². The van der Waals surface area contributed by atoms with E-state index in [0.717, 1.165) is 22.2 Å². The minimum Gasteiger partial charge on any atom is -0.489 e. The Labute approximate surface area is 185 Å². The van der Waals surface area contributed by atoms with Gasteiger partial charge < -0.3 is 10.1 Å². The van der Waals surface area contributed by atoms with Crippen LogP contribution < -0.4 is 15.4 Å². The van der Waals surface area contributed by atoms with Gasteiger partial charge in [0.05, 0.1) is 16.2 Å². The van der Waals surface area contributed by atoms with Gasteiger partial charge in [-0.2, -0.15) is 0 Å². The zero-order chi connectivity index (χ0) is 22.9. The second-order valence-electron chi connectivity index (χ2n) is 8.01. The molecule has 1 fully saturated rings. The molecule has 9 heteroatoms. The van der Waals surface area contributed by atoms with Crippen molar-refractivity contribution < 1.29 is 22.7 Å². The van der Waals surface area contributed by atoms with Crippen LogP contribution in [-0.2, 0) is 21.2 Å². The monoisotopic (exact) mass is 453 g/mol. The summed E-state index contributed by atoms with van der Waals surface area (Å²) in [7, 11) is -3.64. The number of fused-ring (bicyclic) bond motifs is 1. The number of hydrogen-bond donors (Lipinski definition) is 2. The molecule has 2 N–H and O–H groups in total. The van der Waals surface area contributed by atoms with E-state index in [1.807, 2.05) is 37.3 Å². The quantitative estimate of drug-likeness (QED) is 0.532. The van der Waals surface area contributed by atoms with Crippen LogP contribution in [0.5, 0.6) is 5.75 Å². The third-order valence-corrected chi connectivity index (χ3v) is 7.23. The summed E-state index contributed by atoms with van der Waals surface area (Å²) in [4.78, 5) is 27.9. The average Bonchev–Trinajstić information content (AvgIpc) is 3.02. The van der Waals surface area contributed by atoms with Crippen molar-refractivity contribution >= 4 is 32.7 Å². The van der Waals surface area contributed by atoms with E-state index in [4.69, 9.17) is 4.74 Å². The van der Waals surface area contributed by atoms with Gasteiger partial charge >= 0.3 is 6.03 Å². The summed E-state index contributed by atoms with van der Waals surface area (Å²) in [6.07, 6.45) is -0.0281. The van der Waals surface area contributed by atoms with Crippen molar-refractivity contribution in [3.8, 4) is 5.75 Å². The number of imide groups is 1. The smallest absolute Gasteiger partial charge is 0.322 e. The van der Waals surface area contributed by atoms with E-state index in [1.54, 1.807) is 12.1 Å². The number of aromatic nitrogens is 1. The van der Waals surface area contributed by atoms with E-state index in [0.29, 0.717) is 12.4 Å². The van der Waals surface area contributed by atoms with E-state index in [2.05, 4.69) is 15.6 Å². The molecule has 0 bridgehead atoms. The van der Waals surface area contributed by atoms with Crippen LogP contribution in [0.3, 0.4) is 0 Å². The van der Waals surface area contributed by atoms with Crippen molar-refractivity contribution in [2.75, 3.05) is 5.75 Å². The summed E-state index contributed by atoms with van der Waals surface area (Å²) in [6.45, 7) is 3.75. The molecule has 0 saturated carbocycles. The van der Waals surface area contributed by atoms with Crippen molar-refractivity contribution in [1.29, 1.82) is 0 Å². The van der Waals surface area contributed by atoms with Crippen LogP contribution in [0.15, 0.2) is 59.5 Å². The van der Waals surface area contributed by atoms with E-state index < -0.39 is 27.3 Å². The normalized spacial score (nSPS) is 18.4. The fraction of sp³-hybridized carbons (Fsp3) is 0.261. The lowest BCUT2D eigenvalue weighted by Crippen LogP contribution is -2.45. The van der Waals surface area contributed by atoms with Crippen LogP contribution in [0.4, 0.5) is 4.79 Å². The Balaban J connectivity index is 1.43. The summed E-state index contributed by atoms with van der Waals surface area (Å²) in [6, 6.07) is 15.4. The van der Waals surface area contributed by atoms with Gasteiger partial charge in [-0.1, -0.05) is 18.2 Å². The highest BCUT2D eigenvalue weighted by molar-refractivity contribution is 7.91. The first-order valence-electron chi connectivity index (χ1n) is 10.1. The number of urea groups is 1. The molecular formula is C23H23N3O5S. The maximum Gasteiger partial charge on any atom is 0.322 e. The van der Waals surface area contributed by atoms with Gasteiger partial charge in [-0.05, 0) is 56.7 Å². The summed E-state index contributed by atoms with van der Waals surface area (Å²) in [5.74, 6) is -0.267. The predicted octanol–water partition coefficient (Wildman–Crippen LogP) is 2.88. The van der Waals surface area contributed by atoms with Crippen LogP contribution in [-0.4, -0.2) is 36.6 Å². The number of carbonyl (C=O) groups excluding carboxylic acids is 2. The second kappa shape index (κ2) is 8.23. The molecule has 1 aliphatic heterocycles. The first-order chi connectivity index (χ1) is 15.2. The Morgan fingerprint density at radius 1 is 1.06 bits per heavy atom. The summed E-state index contributed by atoms with van der Waals surface area (Å²) < 4.78 is 31.3. The third kappa shape index (κ3) is 4.43. The number of carbonyl (C=O) groups is 2. The van der Waals surface area contributed by atoms with Crippen molar-refractivity contribution in [3.63, 3.8) is 0 Å². The third-order valence-electron chi connectivity index (χ3n) is 5.50. The molecule has 1 aromatic heterocycles. The second-order valence-corrected chi connectivity index (χ2v) is 10.1. The number of aryl methyl sites for hydroxylation is 1. The fourth-order valence-corrected chi connectivity index (χ4v) is 5.09. The Kier molecular flexibility index (Phi) is 5.60. The van der Waals surface area contributed by atoms with Crippen molar-refractivity contribution in [2.45, 2.75) is 37.3 Å². The van der Waals surface area contributed by atoms with E-state index in [-0.39, 0.29) is 17.1 Å². The van der Waals surface area contributed by atoms with E-state index >= 15 is 0 Å². The molecule has 166 valence electrons. The minimum absolute atomic E-state index is 0.0281. The Bertz CT molecular complexity index is 1300. The molecule has 0 aliphatic carbocycles. The number of ether oxygens (including phenoxy) is 1. The Morgan fingerprint density at radius 2 is 1.78 bits per heavy atom. The van der Waals surface area contributed by atoms with Crippen LogP contribution in [0.1, 0.15) is 24.6 Å². The molecule has 0 radical (unpaired) electrons. The highest BCUT2D eigenvalue weighted by atomic mass is 32.2. The van der Waals surface area contributed by atoms with Crippen LogP contribution in [0, 0.1) is 6.92 Å². The van der Waals surface area contributed by atoms with Crippen molar-refractivity contribution in [2.24, 2.45) is 0 Å². The molecule has 3 amide bonds. The lowest BCUT2D eigenvalue weighted by Gasteiger charge is -2.20. The van der Waals surface area contributed by atoms with Gasteiger partial charge in [0.25, 0.3) is 5.91 Å². The Hall–Kier alpha value is -3.46. The van der Waals surface area contributed by atoms with Gasteiger partial charge in [0.15, 0.2) is 9.84 Å². The fourth-order valence-electron chi connectivity index (χ4n) is 3.63. The maximum absolute atomic E-state index is 12.7. The number of amides is 3. The van der Waals surface area contributed by atoms with Gasteiger partial charge in [0.1, 0.15) is 17.9 Å². The molecule has 0 spiro atoms. The molecule has 1 atom stereocenters. The van der Waals surface area contributed by atoms with Crippen molar-refractivity contribution in [3.05, 3.63) is 65.9 Å². The number of para-hydroxylation sites is 1. The number of hydrogen-bond acceptors (Lipinski definition) is 6. The van der Waals surface area contributed by atoms with Crippen LogP contribution >= 0.6 is 0 Å². The van der Waals surface area contributed by atoms with Gasteiger partial charge in [-0.3, -0.25) is 15.1 Å². The number of pyridine rings is 1. The molecule has 3 aromatic rings. The predicted molar refractivity (Wildman–Crippen MR) is 119 cm³/mol. The molecule has 32 heavy (non-hydrogen) atoms. The molecule has 2 aromatic carbocycles. The van der Waals surface area contributed by atoms with Crippen LogP contribution in [0.2, 0.25) is 0 Å². The van der Waals surface area contributed by atoms with Crippen LogP contribution in [0.25, 0.3) is 10.9 Å². The molecule has 1 unspecified atom stereocenters. The SMILES string of the molecule is Cc1cc(COc2ccc(S(=O)(=O)CCC3(C)NC(=O)NC3=O)cc2)c2ccccc2n1. The first kappa shape index (κ1) is 21.8. The lowest BCUT2D eigenvalue weighted by atomic mass is 10.00. The van der Waals surface area contributed by atoms with E-state index in [9.17, 15) is 18.0 Å². The molecule has 2 heterocycles. The van der Waals surface area contributed by atoms with Gasteiger partial charge in [0.2, 0.25) is 0 Å². The zero-order valence-electron chi connectivity index (χ0n) is 17.7. The number of rotatable bonds is 7. The summed E-state index contributed by atoms with van der Waals surface area (Å²) >= 11 is 0. The molecule has 8 nitrogen and oxygen atoms in total. The molecule has 1 aliphatic rings. The molecular weight excluding hydrogens is 430 g/mol. The highest BCUT2D eigenvalue weighted by Gasteiger charge is 2.42. The summed E-state index contributed by atoms with van der Waals surface area (Å²) in [5, 5.41) is 5.61. The van der Waals surface area contributed by atoms with Gasteiger partial charge in [0, 0.05) is 16.6 Å². The number of nitrogens with zero attached hydrogens (tertiary/aromatic N) is 1. The van der Waals surface area contributed by atoms with E-state index in [1.165, 1.54) is 19.1 Å². The molecule has 1 saturated heterocycles. The minimum atomic E-state index is -3.64. The van der Waals surface area contributed by atoms with Crippen molar-refractivity contribution in [1.82, 2.24) is 15.6 Å². The Morgan fingerprint density at radius 3 is 2.47 bits per heavy atom. The standard InChI is InChI=1S/C23H23N3O5S/c1-15-13-16(19-5-3-4-6-20(19)24-15)14-31-17-7-9-18(10-8-17)32(29,30)12-11-23(2)21(27)25-22(28)26-23/h3-10,13H,11-12,14H2,1-2H3,(H2,25,26,27,28). The largest absolute Gasteiger partial charge is 0.489 e. The average molecular weight is 454 g/mol. The lowest BCUT2D eigenvalue weighted by molar-refractivity contribution is -0.123. The molecule has 4 rings (SSSR count). The first-order valence-corrected chi connectivity index (χ1v) is 11.8. The maximum atomic E-state index is 12.7. The number of benzene rings is 2. The number of sulfone groups is 1. The summed E-state index contributed by atoms with van der Waals surface area (Å²) in [5.41, 5.74) is 1.55. The topological polar surface area (TPSA) is 114 Å². The zero-order valence-corrected chi connectivity index (χ0v) is 18.5. The number of nitrogens with one attached hydrogen (secondary N) is 2. The highest BCUT2D eigenvalue weighted by Crippen LogP contribution is 2.24. The van der Waals surface area contributed by atoms with Gasteiger partial charge in [-0.15, -0.1) is 0 Å².